The zero-order valence-electron chi connectivity index (χ0n) is 7.89. The summed E-state index contributed by atoms with van der Waals surface area (Å²) in [7, 11) is 0. The maximum atomic E-state index is 13.1. The molecule has 0 saturated heterocycles. The fourth-order valence-electron chi connectivity index (χ4n) is 1.18. The summed E-state index contributed by atoms with van der Waals surface area (Å²) in [5.74, 6) is -0.901. The molecule has 82 valence electrons. The van der Waals surface area contributed by atoms with Crippen molar-refractivity contribution in [3.8, 4) is 0 Å². The van der Waals surface area contributed by atoms with Crippen LogP contribution in [0.15, 0.2) is 18.2 Å². The number of aliphatic hydroxyl groups is 1. The molecule has 0 aliphatic heterocycles. The Morgan fingerprint density at radius 2 is 2.27 bits per heavy atom. The molecule has 0 bridgehead atoms. The first-order valence-electron chi connectivity index (χ1n) is 4.35. The first-order chi connectivity index (χ1) is 7.04. The molecule has 0 aliphatic rings. The van der Waals surface area contributed by atoms with Crippen LogP contribution in [0.4, 0.5) is 10.1 Å². The van der Waals surface area contributed by atoms with Crippen LogP contribution in [0.25, 0.3) is 0 Å². The highest BCUT2D eigenvalue weighted by Gasteiger charge is 2.14. The third-order valence-corrected chi connectivity index (χ3v) is 1.95. The number of nitrogens with zero attached hydrogens (tertiary/aromatic N) is 1. The van der Waals surface area contributed by atoms with E-state index in [1.807, 2.05) is 0 Å². The third kappa shape index (κ3) is 2.97. The van der Waals surface area contributed by atoms with E-state index in [4.69, 9.17) is 5.73 Å². The maximum absolute atomic E-state index is 13.1. The highest BCUT2D eigenvalue weighted by molar-refractivity contribution is 5.35. The van der Waals surface area contributed by atoms with Gasteiger partial charge in [-0.1, -0.05) is 6.07 Å². The first-order valence-corrected chi connectivity index (χ1v) is 4.35. The highest BCUT2D eigenvalue weighted by atomic mass is 19.1. The Balaban J connectivity index is 2.87. The molecule has 1 atom stereocenters. The van der Waals surface area contributed by atoms with Crippen molar-refractivity contribution in [2.24, 2.45) is 5.73 Å². The molecular weight excluding hydrogens is 203 g/mol. The molecule has 0 aliphatic carbocycles. The van der Waals surface area contributed by atoms with E-state index in [2.05, 4.69) is 0 Å². The summed E-state index contributed by atoms with van der Waals surface area (Å²) in [5, 5.41) is 19.5. The zero-order valence-corrected chi connectivity index (χ0v) is 7.89. The van der Waals surface area contributed by atoms with E-state index >= 15 is 0 Å². The molecule has 0 heterocycles. The number of aliphatic hydroxyl groups excluding tert-OH is 1. The van der Waals surface area contributed by atoms with Gasteiger partial charge in [-0.05, 0) is 18.1 Å². The van der Waals surface area contributed by atoms with Gasteiger partial charge in [-0.25, -0.2) is 0 Å². The predicted molar refractivity (Wildman–Crippen MR) is 51.8 cm³/mol. The molecule has 0 aromatic heterocycles. The molecule has 0 fully saturated rings. The maximum Gasteiger partial charge on any atom is 0.304 e. The third-order valence-electron chi connectivity index (χ3n) is 1.95. The Bertz CT molecular complexity index is 370. The second kappa shape index (κ2) is 4.81. The average molecular weight is 214 g/mol. The van der Waals surface area contributed by atoms with Crippen molar-refractivity contribution < 1.29 is 14.4 Å². The number of rotatable bonds is 4. The Morgan fingerprint density at radius 1 is 1.60 bits per heavy atom. The lowest BCUT2D eigenvalue weighted by Gasteiger charge is -2.07. The van der Waals surface area contributed by atoms with E-state index in [1.165, 1.54) is 6.07 Å². The van der Waals surface area contributed by atoms with Gasteiger partial charge in [0.2, 0.25) is 5.82 Å². The second-order valence-electron chi connectivity index (χ2n) is 3.14. The van der Waals surface area contributed by atoms with Crippen molar-refractivity contribution in [2.45, 2.75) is 12.5 Å². The van der Waals surface area contributed by atoms with Crippen molar-refractivity contribution >= 4 is 5.69 Å². The normalized spacial score (nSPS) is 12.5. The van der Waals surface area contributed by atoms with Gasteiger partial charge in [0.25, 0.3) is 0 Å². The number of hydrogen-bond acceptors (Lipinski definition) is 4. The number of benzene rings is 1. The van der Waals surface area contributed by atoms with Crippen LogP contribution in [0.3, 0.4) is 0 Å². The first kappa shape index (κ1) is 11.5. The lowest BCUT2D eigenvalue weighted by molar-refractivity contribution is -0.387. The van der Waals surface area contributed by atoms with Gasteiger partial charge in [0.15, 0.2) is 0 Å². The summed E-state index contributed by atoms with van der Waals surface area (Å²) in [5.41, 5.74) is 5.10. The van der Waals surface area contributed by atoms with Gasteiger partial charge in [-0.3, -0.25) is 10.1 Å². The summed E-state index contributed by atoms with van der Waals surface area (Å²) < 4.78 is 13.1. The Hall–Kier alpha value is -1.53. The summed E-state index contributed by atoms with van der Waals surface area (Å²) in [4.78, 5) is 9.51. The van der Waals surface area contributed by atoms with Crippen LogP contribution in [0, 0.1) is 15.9 Å². The van der Waals surface area contributed by atoms with E-state index in [0.29, 0.717) is 5.56 Å². The number of hydrogen-bond donors (Lipinski definition) is 2. The number of nitro groups is 1. The molecule has 1 unspecified atom stereocenters. The van der Waals surface area contributed by atoms with Gasteiger partial charge in [0.1, 0.15) is 0 Å². The van der Waals surface area contributed by atoms with Crippen LogP contribution in [0.1, 0.15) is 5.56 Å². The summed E-state index contributed by atoms with van der Waals surface area (Å²) in [6.07, 6.45) is -0.573. The average Bonchev–Trinajstić information content (AvgIpc) is 2.17. The number of halogens is 1. The van der Waals surface area contributed by atoms with Crippen molar-refractivity contribution in [1.29, 1.82) is 0 Å². The topological polar surface area (TPSA) is 89.4 Å². The van der Waals surface area contributed by atoms with E-state index in [1.54, 1.807) is 0 Å². The molecular formula is C9H11FN2O3. The summed E-state index contributed by atoms with van der Waals surface area (Å²) in [6.45, 7) is 0.0681. The summed E-state index contributed by atoms with van der Waals surface area (Å²) in [6, 6.07) is 3.52. The number of nitro benzene ring substituents is 1. The summed E-state index contributed by atoms with van der Waals surface area (Å²) >= 11 is 0. The van der Waals surface area contributed by atoms with Crippen molar-refractivity contribution in [3.05, 3.63) is 39.7 Å². The van der Waals surface area contributed by atoms with E-state index in [9.17, 15) is 19.6 Å². The molecule has 5 nitrogen and oxygen atoms in total. The minimum atomic E-state index is -0.901. The van der Waals surface area contributed by atoms with Gasteiger partial charge in [0.05, 0.1) is 11.0 Å². The van der Waals surface area contributed by atoms with Gasteiger partial charge in [-0.15, -0.1) is 0 Å². The molecule has 6 heteroatoms. The molecule has 0 radical (unpaired) electrons. The van der Waals surface area contributed by atoms with Gasteiger partial charge in [-0.2, -0.15) is 4.39 Å². The van der Waals surface area contributed by atoms with Crippen LogP contribution in [0.2, 0.25) is 0 Å². The largest absolute Gasteiger partial charge is 0.391 e. The molecule has 1 aromatic carbocycles. The van der Waals surface area contributed by atoms with Crippen LogP contribution < -0.4 is 5.73 Å². The minimum Gasteiger partial charge on any atom is -0.391 e. The lowest BCUT2D eigenvalue weighted by Crippen LogP contribution is -2.22. The Labute approximate surface area is 85.5 Å². The monoisotopic (exact) mass is 214 g/mol. The standard InChI is InChI=1S/C9H11FN2O3/c10-8-4-6(3-7(13)5-11)1-2-9(8)12(14)15/h1-2,4,7,13H,3,5,11H2. The zero-order chi connectivity index (χ0) is 11.4. The van der Waals surface area contributed by atoms with E-state index < -0.39 is 22.5 Å². The van der Waals surface area contributed by atoms with Crippen LogP contribution in [-0.4, -0.2) is 22.7 Å². The highest BCUT2D eigenvalue weighted by Crippen LogP contribution is 2.18. The Morgan fingerprint density at radius 3 is 2.73 bits per heavy atom. The molecule has 1 aromatic rings. The van der Waals surface area contributed by atoms with Crippen LogP contribution in [-0.2, 0) is 6.42 Å². The SMILES string of the molecule is NCC(O)Cc1ccc([N+](=O)[O-])c(F)c1. The second-order valence-corrected chi connectivity index (χ2v) is 3.14. The molecule has 15 heavy (non-hydrogen) atoms. The van der Waals surface area contributed by atoms with E-state index in [-0.39, 0.29) is 13.0 Å². The van der Waals surface area contributed by atoms with Gasteiger partial charge in [0, 0.05) is 12.6 Å². The molecule has 0 spiro atoms. The lowest BCUT2D eigenvalue weighted by atomic mass is 10.1. The quantitative estimate of drug-likeness (QED) is 0.567. The van der Waals surface area contributed by atoms with Gasteiger partial charge < -0.3 is 10.8 Å². The fraction of sp³-hybridized carbons (Fsp3) is 0.333. The van der Waals surface area contributed by atoms with Gasteiger partial charge >= 0.3 is 5.69 Å². The van der Waals surface area contributed by atoms with Crippen LogP contribution >= 0.6 is 0 Å². The van der Waals surface area contributed by atoms with Crippen LogP contribution in [0.5, 0.6) is 0 Å². The van der Waals surface area contributed by atoms with Crippen molar-refractivity contribution in [3.63, 3.8) is 0 Å². The van der Waals surface area contributed by atoms with Crippen molar-refractivity contribution in [1.82, 2.24) is 0 Å². The van der Waals surface area contributed by atoms with Crippen molar-refractivity contribution in [2.75, 3.05) is 6.54 Å². The number of nitrogens with two attached hydrogens (primary N) is 1. The fourth-order valence-corrected chi connectivity index (χ4v) is 1.18. The minimum absolute atomic E-state index is 0.0681. The Kier molecular flexibility index (Phi) is 3.70. The molecule has 0 amide bonds. The smallest absolute Gasteiger partial charge is 0.304 e. The molecule has 0 saturated carbocycles. The molecule has 3 N–H and O–H groups in total. The predicted octanol–water partition coefficient (Wildman–Crippen LogP) is 0.596. The molecule has 1 rings (SSSR count). The van der Waals surface area contributed by atoms with E-state index in [0.717, 1.165) is 12.1 Å².